The highest BCUT2D eigenvalue weighted by Crippen LogP contribution is 2.38. The maximum absolute atomic E-state index is 13.4. The number of hydrogen-bond donors (Lipinski definition) is 2. The van der Waals surface area contributed by atoms with Gasteiger partial charge in [0, 0.05) is 6.54 Å². The minimum atomic E-state index is -2.67. The van der Waals surface area contributed by atoms with E-state index in [2.05, 4.69) is 121 Å². The van der Waals surface area contributed by atoms with Gasteiger partial charge in [-0.2, -0.15) is 0 Å². The van der Waals surface area contributed by atoms with Crippen molar-refractivity contribution in [3.05, 3.63) is 102 Å². The summed E-state index contributed by atoms with van der Waals surface area (Å²) in [6.45, 7) is 11.6. The first-order valence-electron chi connectivity index (χ1n) is 14.0. The van der Waals surface area contributed by atoms with Crippen LogP contribution < -0.4 is 21.0 Å². The Morgan fingerprint density at radius 1 is 1.00 bits per heavy atom. The zero-order valence-corrected chi connectivity index (χ0v) is 25.8. The van der Waals surface area contributed by atoms with Gasteiger partial charge in [0.15, 0.2) is 0 Å². The summed E-state index contributed by atoms with van der Waals surface area (Å²) >= 11 is 1.65. The summed E-state index contributed by atoms with van der Waals surface area (Å²) in [6.07, 6.45) is 0.589. The standard InChI is InChI=1S/C33H39N3O2SSi/c1-23(25-16-18-26(19-17-25)31-24(2)35-22-39-31)36-32(37)30-20-27(21-34-30)38-40(33(3,4)5,28-12-8-6-9-13-28)29-14-10-7-11-15-29/h6-19,22-23,27,30,34H,20-21H2,1-5H3,(H,36,37)/t23-,27+,30-/m0/s1. The minimum Gasteiger partial charge on any atom is -0.403 e. The van der Waals surface area contributed by atoms with E-state index < -0.39 is 8.32 Å². The van der Waals surface area contributed by atoms with Gasteiger partial charge >= 0.3 is 0 Å². The monoisotopic (exact) mass is 569 g/mol. The van der Waals surface area contributed by atoms with E-state index in [1.54, 1.807) is 11.3 Å². The van der Waals surface area contributed by atoms with Crippen LogP contribution in [0.4, 0.5) is 0 Å². The fourth-order valence-electron chi connectivity index (χ4n) is 5.83. The maximum Gasteiger partial charge on any atom is 0.261 e. The Bertz CT molecular complexity index is 1380. The highest BCUT2D eigenvalue weighted by Gasteiger charge is 2.52. The Hall–Kier alpha value is -3.10. The zero-order valence-electron chi connectivity index (χ0n) is 24.0. The average Bonchev–Trinajstić information content (AvgIpc) is 3.61. The Labute approximate surface area is 243 Å². The van der Waals surface area contributed by atoms with Gasteiger partial charge in [-0.3, -0.25) is 4.79 Å². The SMILES string of the molecule is Cc1ncsc1-c1ccc([C@H](C)NC(=O)[C@@H]2C[C@@H](O[Si](c3ccccc3)(c3ccccc3)C(C)(C)C)CN2)cc1. The second-order valence-electron chi connectivity index (χ2n) is 11.7. The Morgan fingerprint density at radius 2 is 1.60 bits per heavy atom. The molecule has 208 valence electrons. The lowest BCUT2D eigenvalue weighted by Gasteiger charge is -2.44. The van der Waals surface area contributed by atoms with E-state index in [9.17, 15) is 4.79 Å². The molecule has 40 heavy (non-hydrogen) atoms. The van der Waals surface area contributed by atoms with Gasteiger partial charge < -0.3 is 15.1 Å². The summed E-state index contributed by atoms with van der Waals surface area (Å²) in [5.41, 5.74) is 5.16. The van der Waals surface area contributed by atoms with Crippen molar-refractivity contribution >= 4 is 35.9 Å². The second kappa shape index (κ2) is 11.8. The highest BCUT2D eigenvalue weighted by molar-refractivity contribution is 7.13. The second-order valence-corrected chi connectivity index (χ2v) is 16.8. The third-order valence-corrected chi connectivity index (χ3v) is 14.0. The molecule has 2 heterocycles. The fourth-order valence-corrected chi connectivity index (χ4v) is 11.3. The van der Waals surface area contributed by atoms with Crippen LogP contribution in [0.3, 0.4) is 0 Å². The third-order valence-electron chi connectivity index (χ3n) is 7.94. The molecule has 1 aliphatic heterocycles. The number of hydrogen-bond acceptors (Lipinski definition) is 5. The number of carbonyl (C=O) groups is 1. The molecule has 0 aliphatic carbocycles. The van der Waals surface area contributed by atoms with Crippen LogP contribution in [-0.4, -0.2) is 37.9 Å². The molecule has 3 atom stereocenters. The summed E-state index contributed by atoms with van der Waals surface area (Å²) in [7, 11) is -2.67. The van der Waals surface area contributed by atoms with Gasteiger partial charge in [0.2, 0.25) is 5.91 Å². The summed E-state index contributed by atoms with van der Waals surface area (Å²) in [5, 5.41) is 9.09. The van der Waals surface area contributed by atoms with Crippen molar-refractivity contribution in [1.82, 2.24) is 15.6 Å². The van der Waals surface area contributed by atoms with E-state index in [1.807, 2.05) is 19.4 Å². The number of nitrogens with zero attached hydrogens (tertiary/aromatic N) is 1. The number of amides is 1. The average molecular weight is 570 g/mol. The van der Waals surface area contributed by atoms with Gasteiger partial charge in [0.25, 0.3) is 8.32 Å². The molecule has 0 spiro atoms. The quantitative estimate of drug-likeness (QED) is 0.271. The lowest BCUT2D eigenvalue weighted by Crippen LogP contribution is -2.67. The first-order valence-corrected chi connectivity index (χ1v) is 16.8. The summed E-state index contributed by atoms with van der Waals surface area (Å²) in [4.78, 5) is 18.9. The Kier molecular flexibility index (Phi) is 8.38. The third kappa shape index (κ3) is 5.70. The minimum absolute atomic E-state index is 0.0171. The normalized spacial score (nSPS) is 18.4. The van der Waals surface area contributed by atoms with Crippen molar-refractivity contribution in [3.8, 4) is 10.4 Å². The van der Waals surface area contributed by atoms with E-state index in [0.29, 0.717) is 13.0 Å². The van der Waals surface area contributed by atoms with E-state index in [-0.39, 0.29) is 29.1 Å². The largest absolute Gasteiger partial charge is 0.403 e. The van der Waals surface area contributed by atoms with Crippen LogP contribution in [0, 0.1) is 6.92 Å². The Balaban J connectivity index is 1.29. The molecule has 5 rings (SSSR count). The molecule has 1 amide bonds. The molecular weight excluding hydrogens is 531 g/mol. The summed E-state index contributed by atoms with van der Waals surface area (Å²) in [5.74, 6) is 0.0171. The number of benzene rings is 3. The molecule has 1 fully saturated rings. The van der Waals surface area contributed by atoms with Crippen LogP contribution in [0.2, 0.25) is 5.04 Å². The van der Waals surface area contributed by atoms with Gasteiger partial charge in [-0.05, 0) is 46.8 Å². The van der Waals surface area contributed by atoms with Gasteiger partial charge in [0.1, 0.15) is 0 Å². The molecule has 1 aromatic heterocycles. The molecule has 0 radical (unpaired) electrons. The molecule has 2 N–H and O–H groups in total. The first-order chi connectivity index (χ1) is 19.2. The molecule has 0 saturated carbocycles. The molecule has 7 heteroatoms. The van der Waals surface area contributed by atoms with Crippen LogP contribution >= 0.6 is 11.3 Å². The van der Waals surface area contributed by atoms with Crippen LogP contribution in [0.1, 0.15) is 51.4 Å². The van der Waals surface area contributed by atoms with Crippen molar-refractivity contribution in [2.24, 2.45) is 0 Å². The van der Waals surface area contributed by atoms with E-state index in [0.717, 1.165) is 16.8 Å². The van der Waals surface area contributed by atoms with Gasteiger partial charge in [-0.1, -0.05) is 106 Å². The number of rotatable bonds is 8. The molecule has 0 bridgehead atoms. The molecular formula is C33H39N3O2SSi. The van der Waals surface area contributed by atoms with Crippen LogP contribution in [-0.2, 0) is 9.22 Å². The number of carbonyl (C=O) groups excluding carboxylic acids is 1. The summed E-state index contributed by atoms with van der Waals surface area (Å²) < 4.78 is 7.26. The molecule has 4 aromatic rings. The highest BCUT2D eigenvalue weighted by atomic mass is 32.1. The van der Waals surface area contributed by atoms with E-state index in [4.69, 9.17) is 4.43 Å². The topological polar surface area (TPSA) is 63.2 Å². The van der Waals surface area contributed by atoms with Crippen molar-refractivity contribution in [3.63, 3.8) is 0 Å². The number of nitrogens with one attached hydrogen (secondary N) is 2. The zero-order chi connectivity index (χ0) is 28.3. The van der Waals surface area contributed by atoms with Gasteiger partial charge in [0.05, 0.1) is 34.3 Å². The molecule has 1 aliphatic rings. The van der Waals surface area contributed by atoms with Crippen molar-refractivity contribution in [2.45, 2.75) is 64.3 Å². The molecule has 3 aromatic carbocycles. The van der Waals surface area contributed by atoms with Gasteiger partial charge in [-0.15, -0.1) is 11.3 Å². The van der Waals surface area contributed by atoms with Gasteiger partial charge in [-0.25, -0.2) is 4.98 Å². The maximum atomic E-state index is 13.4. The smallest absolute Gasteiger partial charge is 0.261 e. The first kappa shape index (κ1) is 28.4. The molecule has 1 saturated heterocycles. The summed E-state index contributed by atoms with van der Waals surface area (Å²) in [6, 6.07) is 29.4. The molecule has 0 unspecified atom stereocenters. The molecule has 5 nitrogen and oxygen atoms in total. The number of thiazole rings is 1. The lowest BCUT2D eigenvalue weighted by molar-refractivity contribution is -0.123. The van der Waals surface area contributed by atoms with Crippen molar-refractivity contribution in [1.29, 1.82) is 0 Å². The van der Waals surface area contributed by atoms with Crippen LogP contribution in [0.25, 0.3) is 10.4 Å². The van der Waals surface area contributed by atoms with Crippen LogP contribution in [0.15, 0.2) is 90.4 Å². The predicted octanol–water partition coefficient (Wildman–Crippen LogP) is 5.60. The Morgan fingerprint density at radius 3 is 2.12 bits per heavy atom. The van der Waals surface area contributed by atoms with Crippen molar-refractivity contribution < 1.29 is 9.22 Å². The lowest BCUT2D eigenvalue weighted by atomic mass is 10.0. The van der Waals surface area contributed by atoms with E-state index in [1.165, 1.54) is 15.3 Å². The van der Waals surface area contributed by atoms with E-state index >= 15 is 0 Å². The van der Waals surface area contributed by atoms with Crippen molar-refractivity contribution in [2.75, 3.05) is 6.54 Å². The predicted molar refractivity (Wildman–Crippen MR) is 168 cm³/mol. The van der Waals surface area contributed by atoms with Crippen LogP contribution in [0.5, 0.6) is 0 Å². The fraction of sp³-hybridized carbons (Fsp3) is 0.333. The number of aryl methyl sites for hydroxylation is 1. The number of aromatic nitrogens is 1.